The van der Waals surface area contributed by atoms with Crippen LogP contribution in [0.5, 0.6) is 11.5 Å². The summed E-state index contributed by atoms with van der Waals surface area (Å²) < 4.78 is 17.1. The van der Waals surface area contributed by atoms with Gasteiger partial charge in [-0.05, 0) is 19.9 Å². The topological polar surface area (TPSA) is 115 Å². The Balaban J connectivity index is 1.99. The first-order chi connectivity index (χ1) is 15.5. The number of hydrogen-bond acceptors (Lipinski definition) is 8. The minimum atomic E-state index is -0.536. The number of morpholine rings is 1. The monoisotopic (exact) mass is 444 g/mol. The SMILES string of the molecule is CCOc1cc(N2CCOCC2)c(OCC)cc1NC(=O)c1cc([N+](=O)[O-])ccc1NC. The zero-order chi connectivity index (χ0) is 23.1. The zero-order valence-corrected chi connectivity index (χ0v) is 18.5. The summed E-state index contributed by atoms with van der Waals surface area (Å²) in [5.74, 6) is 0.601. The van der Waals surface area contributed by atoms with E-state index in [2.05, 4.69) is 15.5 Å². The van der Waals surface area contributed by atoms with Crippen molar-refractivity contribution in [3.8, 4) is 11.5 Å². The summed E-state index contributed by atoms with van der Waals surface area (Å²) in [4.78, 5) is 25.9. The van der Waals surface area contributed by atoms with Gasteiger partial charge < -0.3 is 29.7 Å². The minimum absolute atomic E-state index is 0.152. The average molecular weight is 444 g/mol. The molecule has 0 atom stereocenters. The fourth-order valence-electron chi connectivity index (χ4n) is 3.49. The van der Waals surface area contributed by atoms with Crippen molar-refractivity contribution in [2.24, 2.45) is 0 Å². The fourth-order valence-corrected chi connectivity index (χ4v) is 3.49. The quantitative estimate of drug-likeness (QED) is 0.446. The van der Waals surface area contributed by atoms with Crippen LogP contribution in [-0.4, -0.2) is 57.4 Å². The minimum Gasteiger partial charge on any atom is -0.492 e. The second kappa shape index (κ2) is 10.7. The summed E-state index contributed by atoms with van der Waals surface area (Å²) in [6, 6.07) is 7.67. The number of non-ortho nitro benzene ring substituents is 1. The maximum atomic E-state index is 13.1. The van der Waals surface area contributed by atoms with E-state index < -0.39 is 10.8 Å². The summed E-state index contributed by atoms with van der Waals surface area (Å²) in [6.45, 7) is 7.27. The highest BCUT2D eigenvalue weighted by Crippen LogP contribution is 2.39. The summed E-state index contributed by atoms with van der Waals surface area (Å²) in [5, 5.41) is 16.9. The molecule has 10 heteroatoms. The Kier molecular flexibility index (Phi) is 7.72. The first-order valence-corrected chi connectivity index (χ1v) is 10.5. The van der Waals surface area contributed by atoms with Crippen LogP contribution >= 0.6 is 0 Å². The molecule has 3 rings (SSSR count). The second-order valence-corrected chi connectivity index (χ2v) is 6.97. The maximum Gasteiger partial charge on any atom is 0.270 e. The van der Waals surface area contributed by atoms with Crippen LogP contribution in [0.4, 0.5) is 22.7 Å². The van der Waals surface area contributed by atoms with Crippen molar-refractivity contribution < 1.29 is 23.9 Å². The third-order valence-electron chi connectivity index (χ3n) is 4.99. The Hall–Kier alpha value is -3.53. The molecule has 32 heavy (non-hydrogen) atoms. The Morgan fingerprint density at radius 3 is 2.41 bits per heavy atom. The van der Waals surface area contributed by atoms with Crippen LogP contribution in [-0.2, 0) is 4.74 Å². The molecule has 0 aliphatic carbocycles. The summed E-state index contributed by atoms with van der Waals surface area (Å²) >= 11 is 0. The van der Waals surface area contributed by atoms with E-state index in [0.717, 1.165) is 18.8 Å². The molecule has 10 nitrogen and oxygen atoms in total. The van der Waals surface area contributed by atoms with Gasteiger partial charge in [-0.3, -0.25) is 14.9 Å². The van der Waals surface area contributed by atoms with E-state index in [4.69, 9.17) is 14.2 Å². The number of benzene rings is 2. The van der Waals surface area contributed by atoms with E-state index in [-0.39, 0.29) is 11.3 Å². The number of carbonyl (C=O) groups is 1. The number of hydrogen-bond donors (Lipinski definition) is 2. The predicted molar refractivity (Wildman–Crippen MR) is 122 cm³/mol. The number of carbonyl (C=O) groups excluding carboxylic acids is 1. The van der Waals surface area contributed by atoms with Crippen molar-refractivity contribution >= 4 is 28.7 Å². The molecule has 2 aromatic rings. The first-order valence-electron chi connectivity index (χ1n) is 10.5. The van der Waals surface area contributed by atoms with Crippen LogP contribution in [0.2, 0.25) is 0 Å². The standard InChI is InChI=1S/C22H28N4O6/c1-4-31-20-14-19(25-8-10-30-11-9-25)21(32-5-2)13-18(20)24-22(27)16-12-15(26(28)29)6-7-17(16)23-3/h6-7,12-14,23H,4-5,8-11H2,1-3H3,(H,24,27). The summed E-state index contributed by atoms with van der Waals surface area (Å²) in [5.41, 5.74) is 1.74. The lowest BCUT2D eigenvalue weighted by atomic mass is 10.1. The summed E-state index contributed by atoms with van der Waals surface area (Å²) in [7, 11) is 1.65. The van der Waals surface area contributed by atoms with Crippen molar-refractivity contribution in [2.45, 2.75) is 13.8 Å². The van der Waals surface area contributed by atoms with E-state index in [1.807, 2.05) is 19.9 Å². The number of nitro groups is 1. The third-order valence-corrected chi connectivity index (χ3v) is 4.99. The van der Waals surface area contributed by atoms with Gasteiger partial charge in [-0.1, -0.05) is 0 Å². The van der Waals surface area contributed by atoms with Gasteiger partial charge in [0.05, 0.1) is 48.3 Å². The lowest BCUT2D eigenvalue weighted by Crippen LogP contribution is -2.36. The molecule has 1 saturated heterocycles. The highest BCUT2D eigenvalue weighted by atomic mass is 16.6. The maximum absolute atomic E-state index is 13.1. The van der Waals surface area contributed by atoms with Crippen molar-refractivity contribution in [1.29, 1.82) is 0 Å². The van der Waals surface area contributed by atoms with Gasteiger partial charge in [0.15, 0.2) is 0 Å². The number of amides is 1. The molecular weight excluding hydrogens is 416 g/mol. The highest BCUT2D eigenvalue weighted by molar-refractivity contribution is 6.09. The molecule has 1 aliphatic rings. The molecule has 0 aromatic heterocycles. The van der Waals surface area contributed by atoms with Gasteiger partial charge in [0, 0.05) is 50.1 Å². The van der Waals surface area contributed by atoms with E-state index >= 15 is 0 Å². The molecule has 2 aromatic carbocycles. The van der Waals surface area contributed by atoms with Crippen LogP contribution in [0, 0.1) is 10.1 Å². The van der Waals surface area contributed by atoms with E-state index in [0.29, 0.717) is 49.3 Å². The number of nitrogens with zero attached hydrogens (tertiary/aromatic N) is 2. The van der Waals surface area contributed by atoms with E-state index in [1.54, 1.807) is 13.1 Å². The van der Waals surface area contributed by atoms with Crippen molar-refractivity contribution in [3.63, 3.8) is 0 Å². The molecular formula is C22H28N4O6. The Bertz CT molecular complexity index is 975. The van der Waals surface area contributed by atoms with Gasteiger partial charge in [0.25, 0.3) is 11.6 Å². The molecule has 0 spiro atoms. The normalized spacial score (nSPS) is 13.4. The molecule has 0 saturated carbocycles. The molecule has 2 N–H and O–H groups in total. The van der Waals surface area contributed by atoms with E-state index in [1.165, 1.54) is 18.2 Å². The molecule has 172 valence electrons. The first kappa shape index (κ1) is 23.1. The van der Waals surface area contributed by atoms with Gasteiger partial charge in [-0.15, -0.1) is 0 Å². The lowest BCUT2D eigenvalue weighted by Gasteiger charge is -2.31. The van der Waals surface area contributed by atoms with Gasteiger partial charge >= 0.3 is 0 Å². The van der Waals surface area contributed by atoms with Gasteiger partial charge in [0.1, 0.15) is 11.5 Å². The molecule has 0 bridgehead atoms. The lowest BCUT2D eigenvalue weighted by molar-refractivity contribution is -0.384. The van der Waals surface area contributed by atoms with Crippen LogP contribution < -0.4 is 25.0 Å². The average Bonchev–Trinajstić information content (AvgIpc) is 2.80. The molecule has 1 heterocycles. The van der Waals surface area contributed by atoms with Crippen molar-refractivity contribution in [2.75, 3.05) is 62.1 Å². The molecule has 0 unspecified atom stereocenters. The van der Waals surface area contributed by atoms with Gasteiger partial charge in [0.2, 0.25) is 0 Å². The largest absolute Gasteiger partial charge is 0.492 e. The number of nitro benzene ring substituents is 1. The third kappa shape index (κ3) is 5.20. The Labute approximate surface area is 186 Å². The molecule has 0 radical (unpaired) electrons. The fraction of sp³-hybridized carbons (Fsp3) is 0.409. The zero-order valence-electron chi connectivity index (χ0n) is 18.5. The van der Waals surface area contributed by atoms with Crippen LogP contribution in [0.1, 0.15) is 24.2 Å². The molecule has 1 aliphatic heterocycles. The second-order valence-electron chi connectivity index (χ2n) is 6.97. The summed E-state index contributed by atoms with van der Waals surface area (Å²) in [6.07, 6.45) is 0. The number of anilines is 3. The highest BCUT2D eigenvalue weighted by Gasteiger charge is 2.22. The van der Waals surface area contributed by atoms with Crippen LogP contribution in [0.25, 0.3) is 0 Å². The van der Waals surface area contributed by atoms with Crippen molar-refractivity contribution in [3.05, 3.63) is 46.0 Å². The molecule has 1 fully saturated rings. The van der Waals surface area contributed by atoms with E-state index in [9.17, 15) is 14.9 Å². The van der Waals surface area contributed by atoms with Gasteiger partial charge in [-0.25, -0.2) is 0 Å². The number of nitrogens with one attached hydrogen (secondary N) is 2. The van der Waals surface area contributed by atoms with Gasteiger partial charge in [-0.2, -0.15) is 0 Å². The predicted octanol–water partition coefficient (Wildman–Crippen LogP) is 3.52. The Morgan fingerprint density at radius 2 is 1.78 bits per heavy atom. The number of ether oxygens (including phenoxy) is 3. The Morgan fingerprint density at radius 1 is 1.09 bits per heavy atom. The van der Waals surface area contributed by atoms with Crippen molar-refractivity contribution in [1.82, 2.24) is 0 Å². The number of rotatable bonds is 9. The van der Waals surface area contributed by atoms with Crippen LogP contribution in [0.3, 0.4) is 0 Å². The molecule has 1 amide bonds. The van der Waals surface area contributed by atoms with Crippen LogP contribution in [0.15, 0.2) is 30.3 Å². The smallest absolute Gasteiger partial charge is 0.270 e.